The molecule has 1 aliphatic heterocycles. The highest BCUT2D eigenvalue weighted by Crippen LogP contribution is 2.21. The maximum absolute atomic E-state index is 12.7. The molecule has 7 heteroatoms. The Hall–Kier alpha value is -1.44. The van der Waals surface area contributed by atoms with Gasteiger partial charge in [0, 0.05) is 12.6 Å². The maximum Gasteiger partial charge on any atom is 0.243 e. The molecule has 0 radical (unpaired) electrons. The predicted octanol–water partition coefficient (Wildman–Crippen LogP) is -0.0854. The van der Waals surface area contributed by atoms with Crippen LogP contribution in [-0.4, -0.2) is 44.3 Å². The molecule has 110 valence electrons. The summed E-state index contributed by atoms with van der Waals surface area (Å²) < 4.78 is 26.5. The first-order valence-corrected chi connectivity index (χ1v) is 8.02. The van der Waals surface area contributed by atoms with Crippen molar-refractivity contribution in [1.82, 2.24) is 9.62 Å². The van der Waals surface area contributed by atoms with E-state index in [4.69, 9.17) is 5.73 Å². The topological polar surface area (TPSA) is 92.5 Å². The molecule has 0 bridgehead atoms. The van der Waals surface area contributed by atoms with Crippen LogP contribution in [0.4, 0.5) is 0 Å². The number of carbonyl (C=O) groups excluding carboxylic acids is 1. The molecule has 1 aromatic rings. The van der Waals surface area contributed by atoms with Gasteiger partial charge >= 0.3 is 0 Å². The predicted molar refractivity (Wildman–Crippen MR) is 75.4 cm³/mol. The van der Waals surface area contributed by atoms with Crippen molar-refractivity contribution in [1.29, 1.82) is 0 Å². The molecular formula is C13H19N3O3S. The third-order valence-corrected chi connectivity index (χ3v) is 5.25. The summed E-state index contributed by atoms with van der Waals surface area (Å²) in [7, 11) is -3.70. The maximum atomic E-state index is 12.7. The van der Waals surface area contributed by atoms with E-state index < -0.39 is 15.9 Å². The van der Waals surface area contributed by atoms with Crippen molar-refractivity contribution in [3.05, 3.63) is 30.3 Å². The lowest BCUT2D eigenvalue weighted by atomic mass is 10.1. The van der Waals surface area contributed by atoms with Crippen LogP contribution in [0.5, 0.6) is 0 Å². The zero-order chi connectivity index (χ0) is 14.6. The van der Waals surface area contributed by atoms with Crippen LogP contribution in [0.25, 0.3) is 0 Å². The molecule has 1 amide bonds. The van der Waals surface area contributed by atoms with Crippen LogP contribution in [0.2, 0.25) is 0 Å². The first kappa shape index (κ1) is 15.0. The van der Waals surface area contributed by atoms with E-state index >= 15 is 0 Å². The lowest BCUT2D eigenvalue weighted by Gasteiger charge is -2.32. The number of amides is 1. The van der Waals surface area contributed by atoms with E-state index in [1.54, 1.807) is 18.2 Å². The summed E-state index contributed by atoms with van der Waals surface area (Å²) in [5.74, 6) is -0.643. The van der Waals surface area contributed by atoms with Gasteiger partial charge in [0.25, 0.3) is 0 Å². The Labute approximate surface area is 119 Å². The van der Waals surface area contributed by atoms with Gasteiger partial charge in [-0.1, -0.05) is 18.2 Å². The number of sulfonamides is 1. The quantitative estimate of drug-likeness (QED) is 0.795. The number of hydrogen-bond acceptors (Lipinski definition) is 4. The Morgan fingerprint density at radius 1 is 1.35 bits per heavy atom. The Kier molecular flexibility index (Phi) is 4.74. The molecule has 3 N–H and O–H groups in total. The molecule has 0 spiro atoms. The zero-order valence-electron chi connectivity index (χ0n) is 11.2. The van der Waals surface area contributed by atoms with Gasteiger partial charge < -0.3 is 11.1 Å². The third-order valence-electron chi connectivity index (χ3n) is 3.34. The highest BCUT2D eigenvalue weighted by molar-refractivity contribution is 7.89. The second kappa shape index (κ2) is 6.34. The number of hydrogen-bond donors (Lipinski definition) is 2. The van der Waals surface area contributed by atoms with E-state index in [0.717, 1.165) is 19.4 Å². The summed E-state index contributed by atoms with van der Waals surface area (Å²) in [5, 5.41) is 3.15. The average molecular weight is 297 g/mol. The molecule has 1 fully saturated rings. The first-order chi connectivity index (χ1) is 9.51. The molecule has 0 aliphatic carbocycles. The van der Waals surface area contributed by atoms with Gasteiger partial charge in [-0.25, -0.2) is 8.42 Å². The summed E-state index contributed by atoms with van der Waals surface area (Å²) >= 11 is 0. The van der Waals surface area contributed by atoms with Crippen LogP contribution in [0.3, 0.4) is 0 Å². The van der Waals surface area contributed by atoms with Crippen molar-refractivity contribution in [2.24, 2.45) is 5.73 Å². The second-order valence-corrected chi connectivity index (χ2v) is 6.72. The highest BCUT2D eigenvalue weighted by atomic mass is 32.2. The number of benzene rings is 1. The smallest absolute Gasteiger partial charge is 0.243 e. The Bertz CT molecular complexity index is 553. The highest BCUT2D eigenvalue weighted by Gasteiger charge is 2.33. The van der Waals surface area contributed by atoms with E-state index in [9.17, 15) is 13.2 Å². The van der Waals surface area contributed by atoms with Crippen molar-refractivity contribution in [3.63, 3.8) is 0 Å². The van der Waals surface area contributed by atoms with Crippen LogP contribution in [-0.2, 0) is 14.8 Å². The molecule has 0 saturated carbocycles. The first-order valence-electron chi connectivity index (χ1n) is 6.58. The minimum atomic E-state index is -3.70. The number of rotatable bonds is 5. The molecule has 20 heavy (non-hydrogen) atoms. The summed E-state index contributed by atoms with van der Waals surface area (Å²) in [6.07, 6.45) is 1.61. The van der Waals surface area contributed by atoms with Gasteiger partial charge in [0.05, 0.1) is 11.4 Å². The lowest BCUT2D eigenvalue weighted by molar-refractivity contribution is -0.118. The summed E-state index contributed by atoms with van der Waals surface area (Å²) in [6, 6.07) is 7.89. The van der Waals surface area contributed by atoms with Crippen LogP contribution in [0.15, 0.2) is 35.2 Å². The number of carbonyl (C=O) groups is 1. The number of primary amides is 1. The van der Waals surface area contributed by atoms with Gasteiger partial charge in [-0.2, -0.15) is 4.31 Å². The largest absolute Gasteiger partial charge is 0.369 e. The lowest BCUT2D eigenvalue weighted by Crippen LogP contribution is -2.51. The van der Waals surface area contributed by atoms with Gasteiger partial charge in [-0.3, -0.25) is 4.79 Å². The van der Waals surface area contributed by atoms with E-state index in [1.807, 2.05) is 0 Å². The van der Waals surface area contributed by atoms with Crippen molar-refractivity contribution in [2.45, 2.75) is 23.8 Å². The molecule has 1 saturated heterocycles. The van der Waals surface area contributed by atoms with Crippen molar-refractivity contribution < 1.29 is 13.2 Å². The molecule has 1 unspecified atom stereocenters. The average Bonchev–Trinajstić information content (AvgIpc) is 2.46. The van der Waals surface area contributed by atoms with Crippen LogP contribution in [0, 0.1) is 0 Å². The minimum Gasteiger partial charge on any atom is -0.369 e. The normalized spacial score (nSPS) is 19.9. The van der Waals surface area contributed by atoms with Crippen LogP contribution >= 0.6 is 0 Å². The van der Waals surface area contributed by atoms with Crippen molar-refractivity contribution >= 4 is 15.9 Å². The monoisotopic (exact) mass is 297 g/mol. The SMILES string of the molecule is NC(=O)CN(C1CCCNC1)S(=O)(=O)c1ccccc1. The molecule has 1 atom stereocenters. The van der Waals surface area contributed by atoms with Crippen LogP contribution < -0.4 is 11.1 Å². The summed E-state index contributed by atoms with van der Waals surface area (Å²) in [4.78, 5) is 11.4. The zero-order valence-corrected chi connectivity index (χ0v) is 12.0. The molecule has 1 heterocycles. The number of piperidine rings is 1. The molecule has 0 aromatic heterocycles. The van der Waals surface area contributed by atoms with E-state index in [0.29, 0.717) is 6.54 Å². The fraction of sp³-hybridized carbons (Fsp3) is 0.462. The molecular weight excluding hydrogens is 278 g/mol. The van der Waals surface area contributed by atoms with Gasteiger partial charge in [0.2, 0.25) is 15.9 Å². The van der Waals surface area contributed by atoms with Gasteiger partial charge in [0.15, 0.2) is 0 Å². The van der Waals surface area contributed by atoms with Gasteiger partial charge in [0.1, 0.15) is 0 Å². The molecule has 2 rings (SSSR count). The van der Waals surface area contributed by atoms with Crippen molar-refractivity contribution in [3.8, 4) is 0 Å². The molecule has 1 aliphatic rings. The summed E-state index contributed by atoms with van der Waals surface area (Å²) in [6.45, 7) is 1.12. The van der Waals surface area contributed by atoms with E-state index in [2.05, 4.69) is 5.32 Å². The van der Waals surface area contributed by atoms with Gasteiger partial charge in [-0.15, -0.1) is 0 Å². The third kappa shape index (κ3) is 3.36. The van der Waals surface area contributed by atoms with Gasteiger partial charge in [-0.05, 0) is 31.5 Å². The van der Waals surface area contributed by atoms with E-state index in [1.165, 1.54) is 16.4 Å². The minimum absolute atomic E-state index is 0.187. The van der Waals surface area contributed by atoms with Crippen LogP contribution in [0.1, 0.15) is 12.8 Å². The summed E-state index contributed by atoms with van der Waals surface area (Å²) in [5.41, 5.74) is 5.21. The fourth-order valence-corrected chi connectivity index (χ4v) is 4.01. The van der Waals surface area contributed by atoms with Crippen molar-refractivity contribution in [2.75, 3.05) is 19.6 Å². The van der Waals surface area contributed by atoms with E-state index in [-0.39, 0.29) is 17.5 Å². The standard InChI is InChI=1S/C13H19N3O3S/c14-13(17)10-16(11-5-4-8-15-9-11)20(18,19)12-6-2-1-3-7-12/h1-3,6-7,11,15H,4-5,8-10H2,(H2,14,17). The second-order valence-electron chi connectivity index (χ2n) is 4.83. The Morgan fingerprint density at radius 3 is 2.60 bits per heavy atom. The Balaban J connectivity index is 2.32. The Morgan fingerprint density at radius 2 is 2.05 bits per heavy atom. The number of nitrogens with two attached hydrogens (primary N) is 1. The number of nitrogens with one attached hydrogen (secondary N) is 1. The molecule has 1 aromatic carbocycles. The molecule has 6 nitrogen and oxygen atoms in total. The fourth-order valence-electron chi connectivity index (χ4n) is 2.37. The number of nitrogens with zero attached hydrogens (tertiary/aromatic N) is 1.